The Kier molecular flexibility index (Phi) is 6.10. The van der Waals surface area contributed by atoms with E-state index in [1.165, 1.54) is 11.8 Å². The molecule has 1 saturated heterocycles. The molecule has 7 heteroatoms. The van der Waals surface area contributed by atoms with Crippen molar-refractivity contribution in [2.45, 2.75) is 13.3 Å². The first kappa shape index (κ1) is 17.6. The molecule has 0 aromatic heterocycles. The number of rotatable bonds is 5. The first-order valence-corrected chi connectivity index (χ1v) is 8.99. The summed E-state index contributed by atoms with van der Waals surface area (Å²) in [5, 5.41) is 0. The lowest BCUT2D eigenvalue weighted by atomic mass is 10.2. The topological polar surface area (TPSA) is 38.8 Å². The van der Waals surface area contributed by atoms with E-state index in [0.29, 0.717) is 27.3 Å². The molecular weight excluding hydrogens is 433 g/mol. The number of ether oxygens (including phenoxy) is 2. The van der Waals surface area contributed by atoms with Crippen molar-refractivity contribution in [2.75, 3.05) is 20.8 Å². The second kappa shape index (κ2) is 7.65. The minimum atomic E-state index is -0.0263. The summed E-state index contributed by atoms with van der Waals surface area (Å²) in [6, 6.07) is 3.81. The van der Waals surface area contributed by atoms with Crippen LogP contribution in [0.2, 0.25) is 0 Å². The van der Waals surface area contributed by atoms with Crippen LogP contribution in [0.25, 0.3) is 6.08 Å². The molecule has 1 fully saturated rings. The third kappa shape index (κ3) is 3.57. The summed E-state index contributed by atoms with van der Waals surface area (Å²) in [7, 11) is 3.20. The molecule has 1 heterocycles. The summed E-state index contributed by atoms with van der Waals surface area (Å²) in [6.07, 6.45) is 2.73. The summed E-state index contributed by atoms with van der Waals surface area (Å²) in [4.78, 5) is 14.7. The SMILES string of the molecule is CCCN1C(=O)/C(=C/c2cc(I)c(OC)c(OC)c2)SC1=S. The average Bonchev–Trinajstić information content (AvgIpc) is 2.74. The van der Waals surface area contributed by atoms with E-state index in [9.17, 15) is 4.79 Å². The number of methoxy groups -OCH3 is 2. The van der Waals surface area contributed by atoms with Crippen molar-refractivity contribution in [1.29, 1.82) is 0 Å². The molecule has 0 unspecified atom stereocenters. The van der Waals surface area contributed by atoms with Crippen molar-refractivity contribution < 1.29 is 14.3 Å². The Morgan fingerprint density at radius 2 is 2.09 bits per heavy atom. The second-order valence-corrected chi connectivity index (χ2v) is 7.41. The summed E-state index contributed by atoms with van der Waals surface area (Å²) < 4.78 is 12.2. The molecule has 0 saturated carbocycles. The lowest BCUT2D eigenvalue weighted by Crippen LogP contribution is -2.28. The van der Waals surface area contributed by atoms with Gasteiger partial charge < -0.3 is 9.47 Å². The van der Waals surface area contributed by atoms with E-state index in [1.807, 2.05) is 25.1 Å². The summed E-state index contributed by atoms with van der Waals surface area (Å²) in [5.41, 5.74) is 0.888. The Bertz CT molecular complexity index is 646. The van der Waals surface area contributed by atoms with Gasteiger partial charge >= 0.3 is 0 Å². The molecule has 22 heavy (non-hydrogen) atoms. The van der Waals surface area contributed by atoms with E-state index in [4.69, 9.17) is 21.7 Å². The Hall–Kier alpha value is -0.800. The van der Waals surface area contributed by atoms with Gasteiger partial charge in [-0.05, 0) is 52.8 Å². The lowest BCUT2D eigenvalue weighted by Gasteiger charge is -2.12. The maximum Gasteiger partial charge on any atom is 0.266 e. The number of hydrogen-bond acceptors (Lipinski definition) is 5. The molecule has 1 aliphatic rings. The Balaban J connectivity index is 2.36. The zero-order valence-electron chi connectivity index (χ0n) is 12.5. The molecule has 1 aromatic rings. The number of amides is 1. The Labute approximate surface area is 153 Å². The van der Waals surface area contributed by atoms with Crippen molar-refractivity contribution in [3.8, 4) is 11.5 Å². The highest BCUT2D eigenvalue weighted by Gasteiger charge is 2.31. The highest BCUT2D eigenvalue weighted by molar-refractivity contribution is 14.1. The van der Waals surface area contributed by atoms with E-state index in [2.05, 4.69) is 22.6 Å². The Morgan fingerprint density at radius 1 is 1.36 bits per heavy atom. The number of thioether (sulfide) groups is 1. The quantitative estimate of drug-likeness (QED) is 0.387. The van der Waals surface area contributed by atoms with Gasteiger partial charge in [0.15, 0.2) is 11.5 Å². The third-order valence-corrected chi connectivity index (χ3v) is 5.25. The van der Waals surface area contributed by atoms with Gasteiger partial charge in [-0.15, -0.1) is 0 Å². The van der Waals surface area contributed by atoms with E-state index < -0.39 is 0 Å². The van der Waals surface area contributed by atoms with Crippen LogP contribution in [-0.2, 0) is 4.79 Å². The van der Waals surface area contributed by atoms with Gasteiger partial charge in [0, 0.05) is 6.54 Å². The summed E-state index contributed by atoms with van der Waals surface area (Å²) >= 11 is 8.80. The number of halogens is 1. The number of carbonyl (C=O) groups is 1. The first-order chi connectivity index (χ1) is 10.5. The van der Waals surface area contributed by atoms with Crippen LogP contribution < -0.4 is 9.47 Å². The fourth-order valence-electron chi connectivity index (χ4n) is 2.09. The number of carbonyl (C=O) groups excluding carboxylic acids is 1. The molecule has 0 spiro atoms. The minimum absolute atomic E-state index is 0.0263. The van der Waals surface area contributed by atoms with Crippen LogP contribution in [0.15, 0.2) is 17.0 Å². The van der Waals surface area contributed by atoms with Crippen LogP contribution in [0.3, 0.4) is 0 Å². The van der Waals surface area contributed by atoms with E-state index in [1.54, 1.807) is 19.1 Å². The molecule has 0 bridgehead atoms. The van der Waals surface area contributed by atoms with E-state index in [0.717, 1.165) is 15.6 Å². The standard InChI is InChI=1S/C15H16INO3S2/c1-4-5-17-14(18)12(22-15(17)21)8-9-6-10(16)13(20-3)11(7-9)19-2/h6-8H,4-5H2,1-3H3/b12-8-. The van der Waals surface area contributed by atoms with Gasteiger partial charge in [-0.3, -0.25) is 9.69 Å². The van der Waals surface area contributed by atoms with Crippen LogP contribution >= 0.6 is 46.6 Å². The van der Waals surface area contributed by atoms with Gasteiger partial charge in [0.2, 0.25) is 0 Å². The molecule has 1 amide bonds. The van der Waals surface area contributed by atoms with Crippen molar-refractivity contribution in [3.63, 3.8) is 0 Å². The van der Waals surface area contributed by atoms with Crippen molar-refractivity contribution >= 4 is 62.9 Å². The maximum absolute atomic E-state index is 12.4. The Morgan fingerprint density at radius 3 is 2.68 bits per heavy atom. The van der Waals surface area contributed by atoms with Gasteiger partial charge in [-0.2, -0.15) is 0 Å². The van der Waals surface area contributed by atoms with Crippen LogP contribution in [-0.4, -0.2) is 35.9 Å². The normalized spacial score (nSPS) is 16.5. The van der Waals surface area contributed by atoms with Crippen LogP contribution in [0.5, 0.6) is 11.5 Å². The molecule has 0 atom stereocenters. The zero-order chi connectivity index (χ0) is 16.3. The molecular formula is C15H16INO3S2. The predicted molar refractivity (Wildman–Crippen MR) is 102 cm³/mol. The fourth-order valence-corrected chi connectivity index (χ4v) is 4.24. The third-order valence-electron chi connectivity index (χ3n) is 3.07. The largest absolute Gasteiger partial charge is 0.493 e. The van der Waals surface area contributed by atoms with Gasteiger partial charge in [-0.25, -0.2) is 0 Å². The van der Waals surface area contributed by atoms with E-state index >= 15 is 0 Å². The molecule has 118 valence electrons. The van der Waals surface area contributed by atoms with E-state index in [-0.39, 0.29) is 5.91 Å². The molecule has 1 aliphatic heterocycles. The number of benzene rings is 1. The average molecular weight is 449 g/mol. The summed E-state index contributed by atoms with van der Waals surface area (Å²) in [6.45, 7) is 2.68. The molecule has 1 aromatic carbocycles. The van der Waals surface area contributed by atoms with Crippen molar-refractivity contribution in [3.05, 3.63) is 26.2 Å². The number of hydrogen-bond donors (Lipinski definition) is 0. The lowest BCUT2D eigenvalue weighted by molar-refractivity contribution is -0.122. The van der Waals surface area contributed by atoms with Crippen LogP contribution in [0.4, 0.5) is 0 Å². The number of nitrogens with zero attached hydrogens (tertiary/aromatic N) is 1. The summed E-state index contributed by atoms with van der Waals surface area (Å²) in [5.74, 6) is 1.31. The molecule has 0 radical (unpaired) electrons. The second-order valence-electron chi connectivity index (χ2n) is 4.57. The van der Waals surface area contributed by atoms with Gasteiger partial charge in [-0.1, -0.05) is 30.9 Å². The monoisotopic (exact) mass is 449 g/mol. The van der Waals surface area contributed by atoms with Gasteiger partial charge in [0.1, 0.15) is 4.32 Å². The molecule has 0 N–H and O–H groups in total. The minimum Gasteiger partial charge on any atom is -0.493 e. The molecule has 2 rings (SSSR count). The van der Waals surface area contributed by atoms with Crippen molar-refractivity contribution in [2.24, 2.45) is 0 Å². The predicted octanol–water partition coefficient (Wildman–Crippen LogP) is 3.92. The number of thiocarbonyl (C=S) groups is 1. The molecule has 0 aliphatic carbocycles. The highest BCUT2D eigenvalue weighted by atomic mass is 127. The van der Waals surface area contributed by atoms with Gasteiger partial charge in [0.05, 0.1) is 22.7 Å². The zero-order valence-corrected chi connectivity index (χ0v) is 16.3. The first-order valence-electron chi connectivity index (χ1n) is 6.68. The maximum atomic E-state index is 12.4. The van der Waals surface area contributed by atoms with Gasteiger partial charge in [0.25, 0.3) is 5.91 Å². The fraction of sp³-hybridized carbons (Fsp3) is 0.333. The highest BCUT2D eigenvalue weighted by Crippen LogP contribution is 2.37. The van der Waals surface area contributed by atoms with Crippen LogP contribution in [0, 0.1) is 3.57 Å². The van der Waals surface area contributed by atoms with Crippen LogP contribution in [0.1, 0.15) is 18.9 Å². The van der Waals surface area contributed by atoms with Crippen molar-refractivity contribution in [1.82, 2.24) is 4.90 Å². The smallest absolute Gasteiger partial charge is 0.266 e. The molecule has 4 nitrogen and oxygen atoms in total.